The molecule has 4 rings (SSSR count). The monoisotopic (exact) mass is 393 g/mol. The van der Waals surface area contributed by atoms with Crippen LogP contribution < -0.4 is 0 Å². The molecule has 0 spiro atoms. The summed E-state index contributed by atoms with van der Waals surface area (Å²) in [6.07, 6.45) is 0.297. The van der Waals surface area contributed by atoms with Crippen LogP contribution >= 0.6 is 0 Å². The van der Waals surface area contributed by atoms with E-state index in [0.29, 0.717) is 13.0 Å². The van der Waals surface area contributed by atoms with E-state index in [2.05, 4.69) is 12.1 Å². The molecule has 29 heavy (non-hydrogen) atoms. The van der Waals surface area contributed by atoms with Gasteiger partial charge < -0.3 is 14.0 Å². The molecule has 2 heterocycles. The fourth-order valence-corrected chi connectivity index (χ4v) is 3.96. The van der Waals surface area contributed by atoms with Crippen LogP contribution in [0.5, 0.6) is 0 Å². The summed E-state index contributed by atoms with van der Waals surface area (Å²) < 4.78 is 18.2. The molecule has 2 aliphatic heterocycles. The first-order chi connectivity index (χ1) is 13.8. The van der Waals surface area contributed by atoms with Crippen LogP contribution in [-0.4, -0.2) is 41.9 Å². The highest BCUT2D eigenvalue weighted by molar-refractivity contribution is 6.48. The molecule has 152 valence electrons. The predicted octanol–water partition coefficient (Wildman–Crippen LogP) is 4.42. The molecule has 2 atom stereocenters. The highest BCUT2D eigenvalue weighted by atomic mass is 16.7. The molecule has 0 aliphatic carbocycles. The van der Waals surface area contributed by atoms with Crippen molar-refractivity contribution in [2.24, 2.45) is 0 Å². The zero-order chi connectivity index (χ0) is 20.6. The van der Waals surface area contributed by atoms with E-state index in [0.717, 1.165) is 11.1 Å². The van der Waals surface area contributed by atoms with Crippen LogP contribution in [0.3, 0.4) is 0 Å². The molecule has 2 saturated heterocycles. The SMILES string of the molecule is CC1(C)OB([C@@H](Cc2ccccc2)N2C(=O)OC[C@H]2c2ccccc2)OC1(C)C. The first-order valence-electron chi connectivity index (χ1n) is 10.2. The van der Waals surface area contributed by atoms with Crippen molar-refractivity contribution in [3.05, 3.63) is 71.8 Å². The number of carbonyl (C=O) groups excluding carboxylic acids is 1. The molecule has 6 heteroatoms. The lowest BCUT2D eigenvalue weighted by Crippen LogP contribution is -2.51. The van der Waals surface area contributed by atoms with Crippen LogP contribution in [0.4, 0.5) is 4.79 Å². The second-order valence-corrected chi connectivity index (χ2v) is 8.79. The van der Waals surface area contributed by atoms with Gasteiger partial charge in [-0.25, -0.2) is 4.79 Å². The molecule has 0 unspecified atom stereocenters. The van der Waals surface area contributed by atoms with Crippen molar-refractivity contribution in [1.82, 2.24) is 4.90 Å². The van der Waals surface area contributed by atoms with Gasteiger partial charge in [0.1, 0.15) is 6.61 Å². The Bertz CT molecular complexity index is 840. The molecule has 0 bridgehead atoms. The molecular formula is C23H28BNO4. The summed E-state index contributed by atoms with van der Waals surface area (Å²) in [4.78, 5) is 14.7. The Balaban J connectivity index is 1.70. The lowest BCUT2D eigenvalue weighted by Gasteiger charge is -2.32. The maximum atomic E-state index is 12.9. The molecule has 5 nitrogen and oxygen atoms in total. The third-order valence-corrected chi connectivity index (χ3v) is 6.33. The molecule has 2 aliphatic rings. The number of carbonyl (C=O) groups is 1. The van der Waals surface area contributed by atoms with Crippen molar-refractivity contribution in [2.75, 3.05) is 6.61 Å². The van der Waals surface area contributed by atoms with E-state index >= 15 is 0 Å². The summed E-state index contributed by atoms with van der Waals surface area (Å²) in [5.41, 5.74) is 1.23. The van der Waals surface area contributed by atoms with E-state index < -0.39 is 18.3 Å². The van der Waals surface area contributed by atoms with Crippen LogP contribution in [0, 0.1) is 0 Å². The molecular weight excluding hydrogens is 365 g/mol. The topological polar surface area (TPSA) is 48.0 Å². The summed E-state index contributed by atoms with van der Waals surface area (Å²) in [5.74, 6) is -0.307. The zero-order valence-corrected chi connectivity index (χ0v) is 17.5. The van der Waals surface area contributed by atoms with E-state index in [-0.39, 0.29) is 18.1 Å². The minimum Gasteiger partial charge on any atom is -0.447 e. The number of nitrogens with zero attached hydrogens (tertiary/aromatic N) is 1. The number of amides is 1. The molecule has 0 saturated carbocycles. The lowest BCUT2D eigenvalue weighted by molar-refractivity contribution is 0.00578. The average Bonchev–Trinajstić information content (AvgIpc) is 3.17. The van der Waals surface area contributed by atoms with Gasteiger partial charge in [-0.05, 0) is 45.2 Å². The first kappa shape index (κ1) is 20.0. The van der Waals surface area contributed by atoms with E-state index in [1.54, 1.807) is 0 Å². The minimum atomic E-state index is -0.544. The average molecular weight is 393 g/mol. The number of ether oxygens (including phenoxy) is 1. The van der Waals surface area contributed by atoms with Crippen LogP contribution in [0.15, 0.2) is 60.7 Å². The number of cyclic esters (lactones) is 1. The Hall–Kier alpha value is -2.31. The van der Waals surface area contributed by atoms with E-state index in [4.69, 9.17) is 14.0 Å². The van der Waals surface area contributed by atoms with Gasteiger partial charge in [0.2, 0.25) is 0 Å². The normalized spacial score (nSPS) is 23.9. The van der Waals surface area contributed by atoms with Crippen molar-refractivity contribution in [3.8, 4) is 0 Å². The van der Waals surface area contributed by atoms with Crippen LogP contribution in [0.25, 0.3) is 0 Å². The second kappa shape index (κ2) is 7.50. The summed E-state index contributed by atoms with van der Waals surface area (Å²) in [6, 6.07) is 20.0. The van der Waals surface area contributed by atoms with Crippen molar-refractivity contribution >= 4 is 13.2 Å². The Morgan fingerprint density at radius 3 is 2.10 bits per heavy atom. The quantitative estimate of drug-likeness (QED) is 0.706. The van der Waals surface area contributed by atoms with Crippen molar-refractivity contribution in [1.29, 1.82) is 0 Å². The van der Waals surface area contributed by atoms with Crippen molar-refractivity contribution in [3.63, 3.8) is 0 Å². The summed E-state index contributed by atoms with van der Waals surface area (Å²) in [5, 5.41) is 0. The van der Waals surface area contributed by atoms with Gasteiger partial charge in [-0.1, -0.05) is 60.7 Å². The maximum Gasteiger partial charge on any atom is 0.482 e. The summed E-state index contributed by atoms with van der Waals surface area (Å²) in [7, 11) is -0.544. The van der Waals surface area contributed by atoms with E-state index in [9.17, 15) is 4.79 Å². The third kappa shape index (κ3) is 3.79. The molecule has 2 aromatic carbocycles. The van der Waals surface area contributed by atoms with Gasteiger partial charge in [-0.15, -0.1) is 0 Å². The smallest absolute Gasteiger partial charge is 0.447 e. The maximum absolute atomic E-state index is 12.9. The Morgan fingerprint density at radius 2 is 1.52 bits per heavy atom. The standard InChI is InChI=1S/C23H28BNO4/c1-22(2)23(3,4)29-24(28-22)20(15-17-11-7-5-8-12-17)25-19(16-27-21(25)26)18-13-9-6-10-14-18/h5-14,19-20H,15-16H2,1-4H3/t19-,20+/m0/s1. The lowest BCUT2D eigenvalue weighted by atomic mass is 9.73. The highest BCUT2D eigenvalue weighted by Crippen LogP contribution is 2.41. The van der Waals surface area contributed by atoms with Gasteiger partial charge >= 0.3 is 13.2 Å². The molecule has 2 aromatic rings. The second-order valence-electron chi connectivity index (χ2n) is 8.79. The van der Waals surface area contributed by atoms with Gasteiger partial charge in [0.05, 0.1) is 23.2 Å². The number of benzene rings is 2. The van der Waals surface area contributed by atoms with Crippen LogP contribution in [-0.2, 0) is 20.5 Å². The largest absolute Gasteiger partial charge is 0.482 e. The van der Waals surface area contributed by atoms with Gasteiger partial charge in [0.25, 0.3) is 0 Å². The number of hydrogen-bond donors (Lipinski definition) is 0. The third-order valence-electron chi connectivity index (χ3n) is 6.33. The molecule has 2 fully saturated rings. The van der Waals surface area contributed by atoms with Crippen LogP contribution in [0.2, 0.25) is 0 Å². The fourth-order valence-electron chi connectivity index (χ4n) is 3.96. The van der Waals surface area contributed by atoms with Gasteiger partial charge in [-0.3, -0.25) is 4.90 Å². The highest BCUT2D eigenvalue weighted by Gasteiger charge is 2.57. The zero-order valence-electron chi connectivity index (χ0n) is 17.5. The fraction of sp³-hybridized carbons (Fsp3) is 0.435. The van der Waals surface area contributed by atoms with E-state index in [1.807, 2.05) is 81.1 Å². The Labute approximate surface area is 173 Å². The Kier molecular flexibility index (Phi) is 5.17. The van der Waals surface area contributed by atoms with Crippen molar-refractivity contribution < 1.29 is 18.8 Å². The van der Waals surface area contributed by atoms with Gasteiger partial charge in [0.15, 0.2) is 0 Å². The summed E-state index contributed by atoms with van der Waals surface area (Å²) in [6.45, 7) is 8.45. The van der Waals surface area contributed by atoms with Gasteiger partial charge in [0, 0.05) is 0 Å². The van der Waals surface area contributed by atoms with Gasteiger partial charge in [-0.2, -0.15) is 0 Å². The van der Waals surface area contributed by atoms with Crippen LogP contribution in [0.1, 0.15) is 44.9 Å². The predicted molar refractivity (Wildman–Crippen MR) is 112 cm³/mol. The number of hydrogen-bond acceptors (Lipinski definition) is 4. The first-order valence-corrected chi connectivity index (χ1v) is 10.2. The molecule has 0 radical (unpaired) electrons. The van der Waals surface area contributed by atoms with E-state index in [1.165, 1.54) is 0 Å². The molecule has 0 N–H and O–H groups in total. The minimum absolute atomic E-state index is 0.170. The summed E-state index contributed by atoms with van der Waals surface area (Å²) >= 11 is 0. The Morgan fingerprint density at radius 1 is 0.966 bits per heavy atom. The van der Waals surface area contributed by atoms with Crippen molar-refractivity contribution in [2.45, 2.75) is 57.3 Å². The number of rotatable bonds is 5. The molecule has 1 amide bonds. The molecule has 0 aromatic heterocycles.